The molecule has 0 bridgehead atoms. The molecule has 1 unspecified atom stereocenters. The molecule has 1 N–H and O–H groups in total. The topological polar surface area (TPSA) is 141 Å². The number of hydrogen-bond acceptors (Lipinski definition) is 11. The van der Waals surface area contributed by atoms with Gasteiger partial charge in [0, 0.05) is 18.9 Å². The van der Waals surface area contributed by atoms with Crippen LogP contribution < -0.4 is 10.1 Å². The van der Waals surface area contributed by atoms with Gasteiger partial charge in [0.1, 0.15) is 17.9 Å². The highest BCUT2D eigenvalue weighted by Crippen LogP contribution is 2.29. The summed E-state index contributed by atoms with van der Waals surface area (Å²) < 4.78 is 11.4. The number of rotatable bonds is 7. The molecule has 0 amide bonds. The number of anilines is 1. The quantitative estimate of drug-likeness (QED) is 0.207. The first-order valence-electron chi connectivity index (χ1n) is 10.1. The van der Waals surface area contributed by atoms with Gasteiger partial charge in [-0.1, -0.05) is 12.1 Å². The summed E-state index contributed by atoms with van der Waals surface area (Å²) in [4.78, 5) is 41.9. The highest BCUT2D eigenvalue weighted by atomic mass is 79.9. The highest BCUT2D eigenvalue weighted by molar-refractivity contribution is 9.10. The van der Waals surface area contributed by atoms with E-state index in [1.54, 1.807) is 36.4 Å². The molecule has 1 atom stereocenters. The first kappa shape index (κ1) is 23.2. The van der Waals surface area contributed by atoms with Crippen molar-refractivity contribution in [2.24, 2.45) is 4.99 Å². The van der Waals surface area contributed by atoms with Gasteiger partial charge in [0.2, 0.25) is 5.96 Å². The number of halogens is 1. The fourth-order valence-electron chi connectivity index (χ4n) is 3.29. The maximum atomic E-state index is 12.3. The van der Waals surface area contributed by atoms with Crippen molar-refractivity contribution in [2.75, 3.05) is 18.4 Å². The molecule has 176 valence electrons. The minimum absolute atomic E-state index is 0.177. The van der Waals surface area contributed by atoms with E-state index in [1.165, 1.54) is 12.1 Å². The van der Waals surface area contributed by atoms with Gasteiger partial charge >= 0.3 is 6.16 Å². The van der Waals surface area contributed by atoms with Gasteiger partial charge in [-0.3, -0.25) is 15.0 Å². The molecule has 34 heavy (non-hydrogen) atoms. The summed E-state index contributed by atoms with van der Waals surface area (Å²) in [6, 6.07) is 9.89. The average Bonchev–Trinajstić information content (AvgIpc) is 3.28. The fourth-order valence-corrected chi connectivity index (χ4v) is 3.83. The largest absolute Gasteiger partial charge is 0.515 e. The van der Waals surface area contributed by atoms with Crippen LogP contribution in [0.5, 0.6) is 5.75 Å². The second-order valence-corrected chi connectivity index (χ2v) is 7.88. The predicted octanol–water partition coefficient (Wildman–Crippen LogP) is 3.75. The Balaban J connectivity index is 1.37. The highest BCUT2D eigenvalue weighted by Gasteiger charge is 2.26. The van der Waals surface area contributed by atoms with E-state index in [-0.39, 0.29) is 12.4 Å². The van der Waals surface area contributed by atoms with E-state index in [0.717, 1.165) is 15.7 Å². The number of benzene rings is 2. The molecule has 0 radical (unpaired) electrons. The number of ether oxygens (including phenoxy) is 2. The molecule has 3 aromatic rings. The Bertz CT molecular complexity index is 1260. The monoisotopic (exact) mass is 530 g/mol. The molecule has 0 aliphatic carbocycles. The van der Waals surface area contributed by atoms with Crippen molar-refractivity contribution in [1.29, 1.82) is 0 Å². The lowest BCUT2D eigenvalue weighted by Crippen LogP contribution is -2.42. The van der Waals surface area contributed by atoms with E-state index in [1.807, 2.05) is 12.1 Å². The molecule has 0 fully saturated rings. The van der Waals surface area contributed by atoms with Crippen LogP contribution in [0.25, 0.3) is 11.0 Å². The number of fused-ring (bicyclic) bond motifs is 1. The third-order valence-corrected chi connectivity index (χ3v) is 5.64. The lowest BCUT2D eigenvalue weighted by atomic mass is 10.2. The molecular formula is C21H19BrN6O6. The molecule has 4 rings (SSSR count). The van der Waals surface area contributed by atoms with Gasteiger partial charge < -0.3 is 24.5 Å². The van der Waals surface area contributed by atoms with Crippen LogP contribution in [-0.2, 0) is 16.2 Å². The van der Waals surface area contributed by atoms with Crippen molar-refractivity contribution >= 4 is 44.8 Å². The number of aliphatic imine (C=N–C) groups is 1. The van der Waals surface area contributed by atoms with Crippen LogP contribution in [-0.4, -0.2) is 51.4 Å². The first-order valence-corrected chi connectivity index (χ1v) is 10.9. The molecule has 13 heteroatoms. The van der Waals surface area contributed by atoms with Crippen LogP contribution in [0.3, 0.4) is 0 Å². The standard InChI is InChI=1S/C21H19BrN6O6/c1-13(33-21(29)34-15-4-2-3-14(11-15)12-32-28(30)31)27-10-9-25-20(27)26-16-5-6-17-19(18(16)22)24-8-7-23-17/h2-8,11,13H,9-10,12H2,1H3,(H,25,26). The van der Waals surface area contributed by atoms with Crippen LogP contribution in [0.2, 0.25) is 0 Å². The Morgan fingerprint density at radius 2 is 2.12 bits per heavy atom. The number of guanidine groups is 1. The maximum Gasteiger partial charge on any atom is 0.515 e. The Morgan fingerprint density at radius 1 is 1.29 bits per heavy atom. The fraction of sp³-hybridized carbons (Fsp3) is 0.238. The summed E-state index contributed by atoms with van der Waals surface area (Å²) in [5.41, 5.74) is 2.66. The zero-order chi connectivity index (χ0) is 24.1. The van der Waals surface area contributed by atoms with Crippen molar-refractivity contribution in [3.8, 4) is 5.75 Å². The summed E-state index contributed by atoms with van der Waals surface area (Å²) in [6.45, 7) is 2.50. The van der Waals surface area contributed by atoms with Gasteiger partial charge in [-0.05, 0) is 52.7 Å². The van der Waals surface area contributed by atoms with E-state index in [2.05, 4.69) is 41.0 Å². The normalized spacial score (nSPS) is 13.8. The minimum atomic E-state index is -0.923. The molecule has 1 aromatic heterocycles. The summed E-state index contributed by atoms with van der Waals surface area (Å²) in [5, 5.41) is 12.7. The lowest BCUT2D eigenvalue weighted by Gasteiger charge is -2.27. The second-order valence-electron chi connectivity index (χ2n) is 7.09. The zero-order valence-corrected chi connectivity index (χ0v) is 19.5. The van der Waals surface area contributed by atoms with Gasteiger partial charge in [-0.2, -0.15) is 0 Å². The van der Waals surface area contributed by atoms with Gasteiger partial charge in [0.05, 0.1) is 22.2 Å². The van der Waals surface area contributed by atoms with Crippen LogP contribution >= 0.6 is 15.9 Å². The summed E-state index contributed by atoms with van der Waals surface area (Å²) in [7, 11) is 0. The maximum absolute atomic E-state index is 12.3. The molecule has 2 heterocycles. The number of carbonyl (C=O) groups excluding carboxylic acids is 1. The molecule has 12 nitrogen and oxygen atoms in total. The molecule has 2 aromatic carbocycles. The van der Waals surface area contributed by atoms with E-state index in [9.17, 15) is 14.9 Å². The van der Waals surface area contributed by atoms with Gasteiger partial charge in [-0.25, -0.2) is 4.79 Å². The first-order chi connectivity index (χ1) is 16.4. The van der Waals surface area contributed by atoms with E-state index >= 15 is 0 Å². The summed E-state index contributed by atoms with van der Waals surface area (Å²) >= 11 is 3.56. The number of nitrogens with zero attached hydrogens (tertiary/aromatic N) is 5. The van der Waals surface area contributed by atoms with Crippen molar-refractivity contribution in [3.05, 3.63) is 68.9 Å². The van der Waals surface area contributed by atoms with Gasteiger partial charge in [0.25, 0.3) is 5.09 Å². The van der Waals surface area contributed by atoms with Crippen molar-refractivity contribution < 1.29 is 24.2 Å². The van der Waals surface area contributed by atoms with E-state index in [0.29, 0.717) is 30.1 Å². The zero-order valence-electron chi connectivity index (χ0n) is 17.9. The summed E-state index contributed by atoms with van der Waals surface area (Å²) in [6.07, 6.45) is 1.64. The van der Waals surface area contributed by atoms with Crippen molar-refractivity contribution in [2.45, 2.75) is 19.8 Å². The molecule has 0 saturated heterocycles. The minimum Gasteiger partial charge on any atom is -0.410 e. The third kappa shape index (κ3) is 5.49. The number of nitrogens with one attached hydrogen (secondary N) is 1. The summed E-state index contributed by atoms with van der Waals surface area (Å²) in [5.74, 6) is 0.708. The molecule has 1 aliphatic rings. The van der Waals surface area contributed by atoms with Gasteiger partial charge in [0.15, 0.2) is 6.23 Å². The molecule has 1 aliphatic heterocycles. The van der Waals surface area contributed by atoms with E-state index < -0.39 is 17.5 Å². The SMILES string of the molecule is CC(OC(=O)Oc1cccc(CO[N+](=O)[O-])c1)N1CCN=C1Nc1ccc2nccnc2c1Br. The Hall–Kier alpha value is -4.00. The van der Waals surface area contributed by atoms with Crippen molar-refractivity contribution in [1.82, 2.24) is 14.9 Å². The third-order valence-electron chi connectivity index (χ3n) is 4.84. The van der Waals surface area contributed by atoms with Crippen LogP contribution in [0.1, 0.15) is 12.5 Å². The Labute approximate surface area is 201 Å². The number of hydrogen-bond donors (Lipinski definition) is 1. The molecule has 0 spiro atoms. The Kier molecular flexibility index (Phi) is 7.01. The predicted molar refractivity (Wildman–Crippen MR) is 125 cm³/mol. The number of carbonyl (C=O) groups is 1. The van der Waals surface area contributed by atoms with Gasteiger partial charge in [-0.15, -0.1) is 10.1 Å². The van der Waals surface area contributed by atoms with Crippen LogP contribution in [0.4, 0.5) is 10.5 Å². The average molecular weight is 531 g/mol. The van der Waals surface area contributed by atoms with Crippen LogP contribution in [0.15, 0.2) is 58.3 Å². The molecular weight excluding hydrogens is 512 g/mol. The second kappa shape index (κ2) is 10.3. The van der Waals surface area contributed by atoms with Crippen LogP contribution in [0, 0.1) is 10.1 Å². The molecule has 0 saturated carbocycles. The van der Waals surface area contributed by atoms with E-state index in [4.69, 9.17) is 9.47 Å². The number of aromatic nitrogens is 2. The Morgan fingerprint density at radius 3 is 2.94 bits per heavy atom. The smallest absolute Gasteiger partial charge is 0.410 e. The lowest BCUT2D eigenvalue weighted by molar-refractivity contribution is -0.763. The van der Waals surface area contributed by atoms with Crippen molar-refractivity contribution in [3.63, 3.8) is 0 Å².